The second-order valence-corrected chi connectivity index (χ2v) is 8.13. The number of likely N-dealkylation sites (N-methyl/N-ethyl adjacent to an activating group) is 1. The molecule has 166 valence electrons. The fraction of sp³-hybridized carbons (Fsp3) is 0.333. The number of nitrogens with zero attached hydrogens (tertiary/aromatic N) is 6. The van der Waals surface area contributed by atoms with Gasteiger partial charge in [-0.2, -0.15) is 0 Å². The molecule has 1 fully saturated rings. The zero-order chi connectivity index (χ0) is 22.5. The molecule has 8 nitrogen and oxygen atoms in total. The van der Waals surface area contributed by atoms with Crippen molar-refractivity contribution in [2.45, 2.75) is 19.5 Å². The van der Waals surface area contributed by atoms with E-state index in [0.29, 0.717) is 6.54 Å². The molecule has 0 spiro atoms. The lowest BCUT2D eigenvalue weighted by Crippen LogP contribution is -2.52. The zero-order valence-corrected chi connectivity index (χ0v) is 18.6. The quantitative estimate of drug-likeness (QED) is 0.639. The van der Waals surface area contributed by atoms with Gasteiger partial charge in [0.25, 0.3) is 0 Å². The minimum Gasteiger partial charge on any atom is -0.366 e. The van der Waals surface area contributed by atoms with Crippen LogP contribution in [0.3, 0.4) is 0 Å². The number of amides is 1. The van der Waals surface area contributed by atoms with E-state index < -0.39 is 0 Å². The van der Waals surface area contributed by atoms with E-state index >= 15 is 0 Å². The first kappa shape index (κ1) is 21.7. The molecule has 0 bridgehead atoms. The summed E-state index contributed by atoms with van der Waals surface area (Å²) < 4.78 is 0. The number of carbonyl (C=O) groups excluding carboxylic acids is 1. The number of nitrogens with two attached hydrogens (primary N) is 1. The maximum absolute atomic E-state index is 11.8. The van der Waals surface area contributed by atoms with Crippen LogP contribution in [0.2, 0.25) is 0 Å². The van der Waals surface area contributed by atoms with E-state index in [-0.39, 0.29) is 18.5 Å². The van der Waals surface area contributed by atoms with Gasteiger partial charge in [0.05, 0.1) is 18.4 Å². The fourth-order valence-electron chi connectivity index (χ4n) is 4.02. The van der Waals surface area contributed by atoms with Crippen molar-refractivity contribution in [2.75, 3.05) is 43.0 Å². The van der Waals surface area contributed by atoms with Crippen LogP contribution < -0.4 is 15.5 Å². The Labute approximate surface area is 188 Å². The Morgan fingerprint density at radius 2 is 1.94 bits per heavy atom. The molecule has 4 rings (SSSR count). The second kappa shape index (κ2) is 9.74. The summed E-state index contributed by atoms with van der Waals surface area (Å²) in [5.41, 5.74) is 9.61. The molecule has 1 unspecified atom stereocenters. The summed E-state index contributed by atoms with van der Waals surface area (Å²) >= 11 is 0. The number of piperazine rings is 1. The Bertz CT molecular complexity index is 1040. The smallest absolute Gasteiger partial charge is 0.236 e. The minimum absolute atomic E-state index is 0.0143. The van der Waals surface area contributed by atoms with E-state index in [1.54, 1.807) is 18.1 Å². The number of pyridine rings is 1. The summed E-state index contributed by atoms with van der Waals surface area (Å²) in [7, 11) is 1.76. The van der Waals surface area contributed by atoms with E-state index in [9.17, 15) is 4.79 Å². The van der Waals surface area contributed by atoms with Crippen LogP contribution in [0.15, 0.2) is 61.2 Å². The van der Waals surface area contributed by atoms with Gasteiger partial charge < -0.3 is 20.4 Å². The average Bonchev–Trinajstić information content (AvgIpc) is 2.84. The van der Waals surface area contributed by atoms with Gasteiger partial charge in [-0.3, -0.25) is 9.78 Å². The van der Waals surface area contributed by atoms with Crippen LogP contribution in [0, 0.1) is 0 Å². The molecule has 1 aliphatic heterocycles. The van der Waals surface area contributed by atoms with Gasteiger partial charge in [-0.25, -0.2) is 9.97 Å². The lowest BCUT2D eigenvalue weighted by Gasteiger charge is -2.40. The molecule has 0 saturated carbocycles. The number of carbonyl (C=O) groups is 1. The van der Waals surface area contributed by atoms with Gasteiger partial charge in [0.1, 0.15) is 0 Å². The normalized spacial score (nSPS) is 16.2. The number of rotatable bonds is 6. The van der Waals surface area contributed by atoms with Crippen molar-refractivity contribution in [3.8, 4) is 11.1 Å². The SMILES string of the molecule is CC1CN(c2cccnc2)CCN1c1ncc(-c2cccc(CN(C)C(=O)CN)c2)cn1. The van der Waals surface area contributed by atoms with Crippen LogP contribution in [0.25, 0.3) is 11.1 Å². The van der Waals surface area contributed by atoms with Crippen LogP contribution in [0.1, 0.15) is 12.5 Å². The van der Waals surface area contributed by atoms with Crippen LogP contribution in [-0.2, 0) is 11.3 Å². The number of aromatic nitrogens is 3. The first-order valence-corrected chi connectivity index (χ1v) is 10.8. The molecule has 1 aromatic carbocycles. The van der Waals surface area contributed by atoms with Crippen molar-refractivity contribution in [1.29, 1.82) is 0 Å². The third-order valence-corrected chi connectivity index (χ3v) is 5.81. The highest BCUT2D eigenvalue weighted by Gasteiger charge is 2.25. The van der Waals surface area contributed by atoms with Crippen molar-refractivity contribution >= 4 is 17.5 Å². The standard InChI is InChI=1S/C24H29N7O/c1-18-16-30(22-7-4-8-26-15-22)9-10-31(18)24-27-13-21(14-28-24)20-6-3-5-19(11-20)17-29(2)23(32)12-25/h3-8,11,13-15,18H,9-10,12,16-17,25H2,1-2H3. The molecule has 3 aromatic rings. The first-order valence-electron chi connectivity index (χ1n) is 10.8. The molecular weight excluding hydrogens is 402 g/mol. The summed E-state index contributed by atoms with van der Waals surface area (Å²) in [5, 5.41) is 0. The highest BCUT2D eigenvalue weighted by atomic mass is 16.2. The predicted molar refractivity (Wildman–Crippen MR) is 126 cm³/mol. The van der Waals surface area contributed by atoms with Gasteiger partial charge in [0.2, 0.25) is 11.9 Å². The molecule has 8 heteroatoms. The Balaban J connectivity index is 1.43. The van der Waals surface area contributed by atoms with E-state index in [4.69, 9.17) is 5.73 Å². The topological polar surface area (TPSA) is 91.5 Å². The van der Waals surface area contributed by atoms with Crippen LogP contribution in [0.5, 0.6) is 0 Å². The molecule has 0 aliphatic carbocycles. The summed E-state index contributed by atoms with van der Waals surface area (Å²) in [6.07, 6.45) is 7.45. The number of benzene rings is 1. The summed E-state index contributed by atoms with van der Waals surface area (Å²) in [4.78, 5) is 31.5. The van der Waals surface area contributed by atoms with E-state index in [1.165, 1.54) is 0 Å². The molecule has 3 heterocycles. The Kier molecular flexibility index (Phi) is 6.61. The van der Waals surface area contributed by atoms with Crippen molar-refractivity contribution < 1.29 is 4.79 Å². The molecule has 0 radical (unpaired) electrons. The third kappa shape index (κ3) is 4.86. The number of hydrogen-bond acceptors (Lipinski definition) is 7. The van der Waals surface area contributed by atoms with Crippen molar-refractivity contribution in [3.63, 3.8) is 0 Å². The Morgan fingerprint density at radius 3 is 2.62 bits per heavy atom. The molecule has 2 aromatic heterocycles. The van der Waals surface area contributed by atoms with E-state index in [0.717, 1.165) is 48.0 Å². The van der Waals surface area contributed by atoms with Crippen molar-refractivity contribution in [3.05, 3.63) is 66.7 Å². The number of hydrogen-bond donors (Lipinski definition) is 1. The Hall–Kier alpha value is -3.52. The van der Waals surface area contributed by atoms with Gasteiger partial charge in [-0.15, -0.1) is 0 Å². The number of anilines is 2. The molecule has 32 heavy (non-hydrogen) atoms. The molecule has 1 amide bonds. The highest BCUT2D eigenvalue weighted by Crippen LogP contribution is 2.24. The van der Waals surface area contributed by atoms with Gasteiger partial charge in [-0.05, 0) is 36.2 Å². The Morgan fingerprint density at radius 1 is 1.12 bits per heavy atom. The van der Waals surface area contributed by atoms with Gasteiger partial charge >= 0.3 is 0 Å². The lowest BCUT2D eigenvalue weighted by atomic mass is 10.1. The predicted octanol–water partition coefficient (Wildman–Crippen LogP) is 2.17. The van der Waals surface area contributed by atoms with Crippen LogP contribution in [0.4, 0.5) is 11.6 Å². The van der Waals surface area contributed by atoms with Crippen molar-refractivity contribution in [2.24, 2.45) is 5.73 Å². The molecule has 2 N–H and O–H groups in total. The van der Waals surface area contributed by atoms with Gasteiger partial charge in [-0.1, -0.05) is 18.2 Å². The zero-order valence-electron chi connectivity index (χ0n) is 18.6. The molecular formula is C24H29N7O. The lowest BCUT2D eigenvalue weighted by molar-refractivity contribution is -0.128. The monoisotopic (exact) mass is 431 g/mol. The molecule has 1 saturated heterocycles. The second-order valence-electron chi connectivity index (χ2n) is 8.13. The van der Waals surface area contributed by atoms with Crippen LogP contribution in [-0.4, -0.2) is 65.0 Å². The summed E-state index contributed by atoms with van der Waals surface area (Å²) in [6.45, 7) is 5.38. The fourth-order valence-corrected chi connectivity index (χ4v) is 4.02. The maximum Gasteiger partial charge on any atom is 0.236 e. The van der Waals surface area contributed by atoms with Crippen molar-refractivity contribution in [1.82, 2.24) is 19.9 Å². The van der Waals surface area contributed by atoms with Gasteiger partial charge in [0.15, 0.2) is 0 Å². The van der Waals surface area contributed by atoms with Gasteiger partial charge in [0, 0.05) is 63.4 Å². The van der Waals surface area contributed by atoms with Crippen LogP contribution >= 0.6 is 0 Å². The van der Waals surface area contributed by atoms with E-state index in [2.05, 4.69) is 43.8 Å². The van der Waals surface area contributed by atoms with E-state index in [1.807, 2.05) is 42.9 Å². The maximum atomic E-state index is 11.8. The largest absolute Gasteiger partial charge is 0.366 e. The summed E-state index contributed by atoms with van der Waals surface area (Å²) in [5.74, 6) is 0.664. The average molecular weight is 432 g/mol. The summed E-state index contributed by atoms with van der Waals surface area (Å²) in [6, 6.07) is 12.4. The first-order chi connectivity index (χ1) is 15.5. The third-order valence-electron chi connectivity index (χ3n) is 5.81. The minimum atomic E-state index is -0.0826. The molecule has 1 aliphatic rings. The highest BCUT2D eigenvalue weighted by molar-refractivity contribution is 5.77. The molecule has 1 atom stereocenters.